The van der Waals surface area contributed by atoms with Crippen molar-refractivity contribution in [3.63, 3.8) is 0 Å². The van der Waals surface area contributed by atoms with E-state index in [2.05, 4.69) is 23.3 Å². The third kappa shape index (κ3) is 1.72. The predicted molar refractivity (Wildman–Crippen MR) is 40.4 cm³/mol. The van der Waals surface area contributed by atoms with Gasteiger partial charge in [-0.3, -0.25) is 0 Å². The third-order valence-corrected chi connectivity index (χ3v) is 2.21. The highest BCUT2D eigenvalue weighted by Gasteiger charge is 1.95. The van der Waals surface area contributed by atoms with Gasteiger partial charge in [0.25, 0.3) is 0 Å². The lowest BCUT2D eigenvalue weighted by molar-refractivity contribution is 1.20. The Morgan fingerprint density at radius 1 is 1.44 bits per heavy atom. The first-order chi connectivity index (χ1) is 4.30. The van der Waals surface area contributed by atoms with Gasteiger partial charge in [-0.2, -0.15) is 0 Å². The molecule has 3 heteroatoms. The van der Waals surface area contributed by atoms with Crippen molar-refractivity contribution in [3.8, 4) is 0 Å². The molecule has 1 aromatic heterocycles. The van der Waals surface area contributed by atoms with E-state index in [9.17, 15) is 0 Å². The van der Waals surface area contributed by atoms with Gasteiger partial charge < -0.3 is 0 Å². The second kappa shape index (κ2) is 2.88. The largest absolute Gasteiger partial charge is 0.245 e. The van der Waals surface area contributed by atoms with Gasteiger partial charge in [-0.1, -0.05) is 7.92 Å². The third-order valence-electron chi connectivity index (χ3n) is 1.02. The molecule has 0 spiro atoms. The number of hydrogen-bond donors (Lipinski definition) is 0. The summed E-state index contributed by atoms with van der Waals surface area (Å²) in [4.78, 5) is 7.92. The highest BCUT2D eigenvalue weighted by atomic mass is 31.1. The molecular formula is C6H9N2P. The molecule has 1 rings (SSSR count). The Labute approximate surface area is 56.1 Å². The Hall–Kier alpha value is -0.490. The Kier molecular flexibility index (Phi) is 2.12. The van der Waals surface area contributed by atoms with Crippen LogP contribution in [0.1, 0.15) is 0 Å². The van der Waals surface area contributed by atoms with Crippen molar-refractivity contribution in [3.05, 3.63) is 18.6 Å². The van der Waals surface area contributed by atoms with Crippen LogP contribution in [-0.2, 0) is 0 Å². The first kappa shape index (κ1) is 6.63. The molecule has 48 valence electrons. The lowest BCUT2D eigenvalue weighted by Gasteiger charge is -2.00. The molecule has 1 heterocycles. The average Bonchev–Trinajstić information content (AvgIpc) is 1.90. The van der Waals surface area contributed by atoms with Crippen molar-refractivity contribution in [2.24, 2.45) is 0 Å². The molecule has 0 amide bonds. The van der Waals surface area contributed by atoms with Crippen LogP contribution in [0.25, 0.3) is 0 Å². The summed E-state index contributed by atoms with van der Waals surface area (Å²) in [6.45, 7) is 4.36. The summed E-state index contributed by atoms with van der Waals surface area (Å²) in [5.41, 5.74) is 1.17. The Balaban J connectivity index is 2.85. The quantitative estimate of drug-likeness (QED) is 0.540. The zero-order chi connectivity index (χ0) is 6.69. The molecule has 1 aromatic rings. The van der Waals surface area contributed by atoms with E-state index < -0.39 is 0 Å². The summed E-state index contributed by atoms with van der Waals surface area (Å²) in [6.07, 6.45) is 3.38. The van der Waals surface area contributed by atoms with E-state index in [4.69, 9.17) is 0 Å². The first-order valence-electron chi connectivity index (χ1n) is 2.74. The molecule has 0 N–H and O–H groups in total. The van der Waals surface area contributed by atoms with Crippen molar-refractivity contribution in [2.45, 2.75) is 0 Å². The highest BCUT2D eigenvalue weighted by Crippen LogP contribution is 2.20. The molecule has 0 aromatic carbocycles. The fourth-order valence-electron chi connectivity index (χ4n) is 0.548. The zero-order valence-electron chi connectivity index (χ0n) is 5.57. The van der Waals surface area contributed by atoms with E-state index in [0.717, 1.165) is 0 Å². The van der Waals surface area contributed by atoms with E-state index in [1.54, 1.807) is 12.5 Å². The molecule has 0 saturated heterocycles. The molecule has 0 unspecified atom stereocenters. The maximum Gasteiger partial charge on any atom is 0.116 e. The van der Waals surface area contributed by atoms with E-state index in [1.165, 1.54) is 5.44 Å². The fraction of sp³-hybridized carbons (Fsp3) is 0.333. The molecule has 0 saturated carbocycles. The van der Waals surface area contributed by atoms with Crippen molar-refractivity contribution in [1.29, 1.82) is 0 Å². The minimum absolute atomic E-state index is 0.0467. The SMILES string of the molecule is CP(C)c1ccncn1. The summed E-state index contributed by atoms with van der Waals surface area (Å²) in [6, 6.07) is 1.96. The monoisotopic (exact) mass is 140 g/mol. The number of aromatic nitrogens is 2. The van der Waals surface area contributed by atoms with E-state index in [-0.39, 0.29) is 7.92 Å². The van der Waals surface area contributed by atoms with Gasteiger partial charge in [0.15, 0.2) is 0 Å². The van der Waals surface area contributed by atoms with Crippen molar-refractivity contribution >= 4 is 13.4 Å². The second-order valence-corrected chi connectivity index (χ2v) is 4.21. The number of rotatable bonds is 1. The summed E-state index contributed by atoms with van der Waals surface area (Å²) in [5, 5.41) is 0. The molecule has 2 nitrogen and oxygen atoms in total. The Morgan fingerprint density at radius 3 is 2.56 bits per heavy atom. The van der Waals surface area contributed by atoms with Crippen molar-refractivity contribution in [2.75, 3.05) is 13.3 Å². The molecule has 0 fully saturated rings. The number of nitrogens with zero attached hydrogens (tertiary/aromatic N) is 2. The summed E-state index contributed by atoms with van der Waals surface area (Å²) in [7, 11) is -0.0467. The van der Waals surface area contributed by atoms with Crippen molar-refractivity contribution < 1.29 is 0 Å². The molecule has 0 bridgehead atoms. The van der Waals surface area contributed by atoms with Crippen LogP contribution in [0.4, 0.5) is 0 Å². The molecule has 0 aliphatic carbocycles. The Morgan fingerprint density at radius 2 is 2.22 bits per heavy atom. The molecule has 9 heavy (non-hydrogen) atoms. The maximum atomic E-state index is 4.10. The van der Waals surface area contributed by atoms with Crippen LogP contribution in [0, 0.1) is 0 Å². The van der Waals surface area contributed by atoms with Crippen LogP contribution in [0.3, 0.4) is 0 Å². The van der Waals surface area contributed by atoms with Gasteiger partial charge in [-0.25, -0.2) is 9.97 Å². The normalized spacial score (nSPS) is 10.1. The molecule has 0 aliphatic heterocycles. The first-order valence-corrected chi connectivity index (χ1v) is 4.97. The summed E-state index contributed by atoms with van der Waals surface area (Å²) >= 11 is 0. The molecule has 0 aliphatic rings. The minimum Gasteiger partial charge on any atom is -0.245 e. The standard InChI is InChI=1S/C6H9N2P/c1-9(2)6-3-4-7-5-8-6/h3-5H,1-2H3. The molecular weight excluding hydrogens is 131 g/mol. The zero-order valence-corrected chi connectivity index (χ0v) is 6.47. The van der Waals surface area contributed by atoms with Gasteiger partial charge >= 0.3 is 0 Å². The fourth-order valence-corrected chi connectivity index (χ4v) is 1.20. The Bertz CT molecular complexity index is 174. The van der Waals surface area contributed by atoms with Gasteiger partial charge in [-0.15, -0.1) is 0 Å². The summed E-state index contributed by atoms with van der Waals surface area (Å²) < 4.78 is 0. The smallest absolute Gasteiger partial charge is 0.116 e. The van der Waals surface area contributed by atoms with Gasteiger partial charge in [0.1, 0.15) is 6.33 Å². The maximum absolute atomic E-state index is 4.10. The van der Waals surface area contributed by atoms with Crippen LogP contribution in [0.2, 0.25) is 0 Å². The van der Waals surface area contributed by atoms with E-state index in [1.807, 2.05) is 6.07 Å². The predicted octanol–water partition coefficient (Wildman–Crippen LogP) is 0.843. The summed E-state index contributed by atoms with van der Waals surface area (Å²) in [5.74, 6) is 0. The van der Waals surface area contributed by atoms with E-state index in [0.29, 0.717) is 0 Å². The van der Waals surface area contributed by atoms with Gasteiger partial charge in [0.05, 0.1) is 5.44 Å². The van der Waals surface area contributed by atoms with E-state index >= 15 is 0 Å². The molecule has 0 atom stereocenters. The van der Waals surface area contributed by atoms with Gasteiger partial charge in [0.2, 0.25) is 0 Å². The second-order valence-electron chi connectivity index (χ2n) is 1.96. The lowest BCUT2D eigenvalue weighted by atomic mass is 10.7. The van der Waals surface area contributed by atoms with Crippen LogP contribution >= 0.6 is 7.92 Å². The van der Waals surface area contributed by atoms with Crippen LogP contribution in [-0.4, -0.2) is 23.3 Å². The highest BCUT2D eigenvalue weighted by molar-refractivity contribution is 7.63. The van der Waals surface area contributed by atoms with Crippen LogP contribution < -0.4 is 5.44 Å². The van der Waals surface area contributed by atoms with Gasteiger partial charge in [-0.05, 0) is 19.4 Å². The topological polar surface area (TPSA) is 25.8 Å². The molecule has 0 radical (unpaired) electrons. The minimum atomic E-state index is -0.0467. The van der Waals surface area contributed by atoms with Crippen LogP contribution in [0.15, 0.2) is 18.6 Å². The lowest BCUT2D eigenvalue weighted by Crippen LogP contribution is -2.03. The average molecular weight is 140 g/mol. The van der Waals surface area contributed by atoms with Crippen molar-refractivity contribution in [1.82, 2.24) is 9.97 Å². The number of hydrogen-bond acceptors (Lipinski definition) is 2. The van der Waals surface area contributed by atoms with Crippen LogP contribution in [0.5, 0.6) is 0 Å². The van der Waals surface area contributed by atoms with Gasteiger partial charge in [0, 0.05) is 6.20 Å².